The molecular formula is C10H13F. The van der Waals surface area contributed by atoms with Crippen molar-refractivity contribution in [3.63, 3.8) is 0 Å². The van der Waals surface area contributed by atoms with Gasteiger partial charge in [-0.05, 0) is 24.5 Å². The number of hydrogen-bond donors (Lipinski definition) is 0. The average molecular weight is 152 g/mol. The van der Waals surface area contributed by atoms with Gasteiger partial charge in [-0.2, -0.15) is 0 Å². The monoisotopic (exact) mass is 152 g/mol. The Labute approximate surface area is 67.1 Å². The lowest BCUT2D eigenvalue weighted by Crippen LogP contribution is -1.91. The first-order valence-electron chi connectivity index (χ1n) is 3.95. The Morgan fingerprint density at radius 2 is 2.00 bits per heavy atom. The summed E-state index contributed by atoms with van der Waals surface area (Å²) in [6.45, 7) is 3.80. The highest BCUT2D eigenvalue weighted by molar-refractivity contribution is 5.27. The van der Waals surface area contributed by atoms with Gasteiger partial charge in [-0.3, -0.25) is 0 Å². The quantitative estimate of drug-likeness (QED) is 0.609. The molecule has 0 aliphatic carbocycles. The van der Waals surface area contributed by atoms with E-state index in [-0.39, 0.29) is 0 Å². The predicted molar refractivity (Wildman–Crippen MR) is 45.3 cm³/mol. The van der Waals surface area contributed by atoms with Crippen molar-refractivity contribution < 1.29 is 4.39 Å². The molecule has 60 valence electrons. The predicted octanol–water partition coefficient (Wildman–Crippen LogP) is 3.42. The molecule has 0 fully saturated rings. The lowest BCUT2D eigenvalue weighted by atomic mass is 10.0. The lowest BCUT2D eigenvalue weighted by Gasteiger charge is -2.07. The Bertz CT molecular complexity index is 230. The molecule has 0 saturated carbocycles. The first kappa shape index (κ1) is 8.25. The molecule has 0 amide bonds. The number of hydrogen-bond acceptors (Lipinski definition) is 0. The Kier molecular flexibility index (Phi) is 2.64. The van der Waals surface area contributed by atoms with Crippen LogP contribution in [0.25, 0.3) is 0 Å². The van der Waals surface area contributed by atoms with Crippen LogP contribution in [-0.2, 0) is 0 Å². The molecule has 0 aliphatic heterocycles. The number of benzene rings is 1. The van der Waals surface area contributed by atoms with Gasteiger partial charge in [-0.1, -0.05) is 31.2 Å². The van der Waals surface area contributed by atoms with Crippen LogP contribution in [0.15, 0.2) is 24.3 Å². The van der Waals surface area contributed by atoms with E-state index in [1.54, 1.807) is 0 Å². The summed E-state index contributed by atoms with van der Waals surface area (Å²) in [5, 5.41) is 0. The second-order valence-electron chi connectivity index (χ2n) is 2.73. The number of halogens is 1. The second kappa shape index (κ2) is 3.51. The minimum Gasteiger partial charge on any atom is -0.242 e. The van der Waals surface area contributed by atoms with Crippen molar-refractivity contribution in [3.8, 4) is 0 Å². The molecule has 0 bridgehead atoms. The summed E-state index contributed by atoms with van der Waals surface area (Å²) in [6.07, 6.45) is -0.235. The van der Waals surface area contributed by atoms with Crippen LogP contribution in [0.2, 0.25) is 0 Å². The summed E-state index contributed by atoms with van der Waals surface area (Å²) in [4.78, 5) is 0. The highest BCUT2D eigenvalue weighted by atomic mass is 19.1. The van der Waals surface area contributed by atoms with Gasteiger partial charge in [-0.15, -0.1) is 0 Å². The minimum absolute atomic E-state index is 0.560. The van der Waals surface area contributed by atoms with E-state index >= 15 is 0 Å². The second-order valence-corrected chi connectivity index (χ2v) is 2.73. The molecule has 1 rings (SSSR count). The minimum atomic E-state index is -0.795. The maximum atomic E-state index is 13.1. The molecule has 0 nitrogen and oxygen atoms in total. The van der Waals surface area contributed by atoms with Crippen LogP contribution in [0.5, 0.6) is 0 Å². The Hall–Kier alpha value is -0.850. The van der Waals surface area contributed by atoms with Crippen LogP contribution in [0.1, 0.15) is 30.6 Å². The van der Waals surface area contributed by atoms with E-state index in [1.807, 2.05) is 38.1 Å². The van der Waals surface area contributed by atoms with E-state index in [1.165, 1.54) is 0 Å². The molecule has 11 heavy (non-hydrogen) atoms. The maximum absolute atomic E-state index is 13.1. The zero-order chi connectivity index (χ0) is 8.27. The number of rotatable bonds is 2. The zero-order valence-electron chi connectivity index (χ0n) is 6.97. The number of alkyl halides is 1. The van der Waals surface area contributed by atoms with Crippen molar-refractivity contribution in [1.29, 1.82) is 0 Å². The van der Waals surface area contributed by atoms with E-state index < -0.39 is 6.17 Å². The molecule has 0 aromatic heterocycles. The van der Waals surface area contributed by atoms with Crippen LogP contribution in [0, 0.1) is 6.92 Å². The fraction of sp³-hybridized carbons (Fsp3) is 0.400. The third-order valence-electron chi connectivity index (χ3n) is 1.88. The molecule has 0 radical (unpaired) electrons. The summed E-state index contributed by atoms with van der Waals surface area (Å²) in [6, 6.07) is 7.60. The van der Waals surface area contributed by atoms with Gasteiger partial charge in [-0.25, -0.2) is 4.39 Å². The maximum Gasteiger partial charge on any atom is 0.125 e. The molecule has 1 atom stereocenters. The summed E-state index contributed by atoms with van der Waals surface area (Å²) >= 11 is 0. The molecular weight excluding hydrogens is 139 g/mol. The topological polar surface area (TPSA) is 0 Å². The van der Waals surface area contributed by atoms with Crippen molar-refractivity contribution in [2.75, 3.05) is 0 Å². The van der Waals surface area contributed by atoms with Crippen molar-refractivity contribution in [2.45, 2.75) is 26.4 Å². The van der Waals surface area contributed by atoms with Gasteiger partial charge in [0.1, 0.15) is 6.17 Å². The SMILES string of the molecule is CCC(F)c1ccccc1C. The largest absolute Gasteiger partial charge is 0.242 e. The summed E-state index contributed by atoms with van der Waals surface area (Å²) in [5.41, 5.74) is 1.87. The molecule has 1 heteroatoms. The summed E-state index contributed by atoms with van der Waals surface area (Å²) in [5.74, 6) is 0. The van der Waals surface area contributed by atoms with Gasteiger partial charge < -0.3 is 0 Å². The van der Waals surface area contributed by atoms with Crippen molar-refractivity contribution in [3.05, 3.63) is 35.4 Å². The molecule has 1 aromatic carbocycles. The summed E-state index contributed by atoms with van der Waals surface area (Å²) in [7, 11) is 0. The highest BCUT2D eigenvalue weighted by Crippen LogP contribution is 2.23. The van der Waals surface area contributed by atoms with Crippen molar-refractivity contribution >= 4 is 0 Å². The van der Waals surface area contributed by atoms with Crippen LogP contribution in [0.3, 0.4) is 0 Å². The normalized spacial score (nSPS) is 13.0. The molecule has 0 saturated heterocycles. The van der Waals surface area contributed by atoms with Gasteiger partial charge in [0.15, 0.2) is 0 Å². The van der Waals surface area contributed by atoms with E-state index in [2.05, 4.69) is 0 Å². The zero-order valence-corrected chi connectivity index (χ0v) is 6.97. The molecule has 0 heterocycles. The molecule has 0 aliphatic rings. The van der Waals surface area contributed by atoms with E-state index in [9.17, 15) is 4.39 Å². The van der Waals surface area contributed by atoms with E-state index in [4.69, 9.17) is 0 Å². The fourth-order valence-electron chi connectivity index (χ4n) is 1.16. The van der Waals surface area contributed by atoms with Gasteiger partial charge >= 0.3 is 0 Å². The van der Waals surface area contributed by atoms with Gasteiger partial charge in [0.05, 0.1) is 0 Å². The van der Waals surface area contributed by atoms with Gasteiger partial charge in [0.2, 0.25) is 0 Å². The smallest absolute Gasteiger partial charge is 0.125 e. The summed E-state index contributed by atoms with van der Waals surface area (Å²) < 4.78 is 13.1. The van der Waals surface area contributed by atoms with E-state index in [0.717, 1.165) is 11.1 Å². The standard InChI is InChI=1S/C10H13F/c1-3-10(11)9-7-5-4-6-8(9)2/h4-7,10H,3H2,1-2H3. The molecule has 0 spiro atoms. The molecule has 1 unspecified atom stereocenters. The Morgan fingerprint density at radius 3 is 2.55 bits per heavy atom. The fourth-order valence-corrected chi connectivity index (χ4v) is 1.16. The highest BCUT2D eigenvalue weighted by Gasteiger charge is 2.07. The molecule has 1 aromatic rings. The van der Waals surface area contributed by atoms with Crippen LogP contribution >= 0.6 is 0 Å². The third kappa shape index (κ3) is 1.79. The Balaban J connectivity index is 2.93. The van der Waals surface area contributed by atoms with Crippen LogP contribution in [0.4, 0.5) is 4.39 Å². The van der Waals surface area contributed by atoms with Crippen molar-refractivity contribution in [2.24, 2.45) is 0 Å². The first-order valence-corrected chi connectivity index (χ1v) is 3.95. The lowest BCUT2D eigenvalue weighted by molar-refractivity contribution is 0.333. The van der Waals surface area contributed by atoms with Crippen LogP contribution in [-0.4, -0.2) is 0 Å². The molecule has 0 N–H and O–H groups in total. The van der Waals surface area contributed by atoms with Crippen molar-refractivity contribution in [1.82, 2.24) is 0 Å². The third-order valence-corrected chi connectivity index (χ3v) is 1.88. The van der Waals surface area contributed by atoms with E-state index in [0.29, 0.717) is 6.42 Å². The first-order chi connectivity index (χ1) is 5.25. The van der Waals surface area contributed by atoms with Gasteiger partial charge in [0, 0.05) is 0 Å². The van der Waals surface area contributed by atoms with Crippen LogP contribution < -0.4 is 0 Å². The number of aryl methyl sites for hydroxylation is 1. The Morgan fingerprint density at radius 1 is 1.36 bits per heavy atom. The van der Waals surface area contributed by atoms with Gasteiger partial charge in [0.25, 0.3) is 0 Å². The average Bonchev–Trinajstić information content (AvgIpc) is 2.04.